The van der Waals surface area contributed by atoms with E-state index in [4.69, 9.17) is 17.2 Å². The Labute approximate surface area is 107 Å². The Kier molecular flexibility index (Phi) is 2.93. The van der Waals surface area contributed by atoms with Crippen LogP contribution in [0.25, 0.3) is 0 Å². The van der Waals surface area contributed by atoms with E-state index in [0.29, 0.717) is 12.1 Å². The maximum absolute atomic E-state index is 5.44. The van der Waals surface area contributed by atoms with Crippen LogP contribution in [0.2, 0.25) is 0 Å². The van der Waals surface area contributed by atoms with Crippen molar-refractivity contribution in [3.63, 3.8) is 0 Å². The van der Waals surface area contributed by atoms with Gasteiger partial charge >= 0.3 is 0 Å². The van der Waals surface area contributed by atoms with Crippen LogP contribution in [-0.4, -0.2) is 22.8 Å². The van der Waals surface area contributed by atoms with Gasteiger partial charge in [-0.3, -0.25) is 4.99 Å². The number of benzene rings is 1. The third-order valence-corrected chi connectivity index (χ3v) is 3.91. The Bertz CT molecular complexity index is 453. The molecule has 3 rings (SSSR count). The molecule has 2 atom stereocenters. The maximum atomic E-state index is 5.44. The van der Waals surface area contributed by atoms with Gasteiger partial charge in [-0.25, -0.2) is 0 Å². The number of thiocarbonyl (C=S) groups is 1. The Balaban J connectivity index is 1.94. The average Bonchev–Trinajstić information content (AvgIpc) is 2.39. The van der Waals surface area contributed by atoms with E-state index < -0.39 is 0 Å². The molecule has 17 heavy (non-hydrogen) atoms. The Morgan fingerprint density at radius 2 is 1.88 bits per heavy atom. The van der Waals surface area contributed by atoms with Crippen LogP contribution in [0.3, 0.4) is 0 Å². The molecule has 1 aliphatic carbocycles. The summed E-state index contributed by atoms with van der Waals surface area (Å²) in [6.45, 7) is 0. The molecule has 1 saturated carbocycles. The lowest BCUT2D eigenvalue weighted by Crippen LogP contribution is -2.50. The standard InChI is InChI=1S/C14H16N2S/c17-14-13(10-6-2-1-3-7-10)15-11-8-4-5-9-12(11)16-14/h1-3,6-7,11-12H,4-5,8-9H2,(H,16,17). The molecule has 0 amide bonds. The average molecular weight is 244 g/mol. The summed E-state index contributed by atoms with van der Waals surface area (Å²) in [5, 5.41) is 3.47. The molecule has 0 bridgehead atoms. The summed E-state index contributed by atoms with van der Waals surface area (Å²) in [4.78, 5) is 5.69. The lowest BCUT2D eigenvalue weighted by Gasteiger charge is -2.35. The van der Waals surface area contributed by atoms with Crippen LogP contribution in [0.5, 0.6) is 0 Å². The minimum atomic E-state index is 0.422. The van der Waals surface area contributed by atoms with Gasteiger partial charge in [0.15, 0.2) is 0 Å². The third-order valence-electron chi connectivity index (χ3n) is 3.60. The highest BCUT2D eigenvalue weighted by Gasteiger charge is 2.30. The third kappa shape index (κ3) is 2.12. The van der Waals surface area contributed by atoms with Crippen molar-refractivity contribution in [3.8, 4) is 0 Å². The zero-order chi connectivity index (χ0) is 11.7. The number of nitrogens with zero attached hydrogens (tertiary/aromatic N) is 1. The van der Waals surface area contributed by atoms with E-state index >= 15 is 0 Å². The molecule has 0 aromatic heterocycles. The number of hydrogen-bond donors (Lipinski definition) is 1. The van der Waals surface area contributed by atoms with Crippen molar-refractivity contribution in [2.45, 2.75) is 37.8 Å². The zero-order valence-corrected chi connectivity index (χ0v) is 10.5. The molecule has 3 heteroatoms. The first kappa shape index (κ1) is 10.9. The first-order valence-electron chi connectivity index (χ1n) is 6.29. The van der Waals surface area contributed by atoms with Crippen molar-refractivity contribution in [2.75, 3.05) is 0 Å². The molecule has 1 fully saturated rings. The lowest BCUT2D eigenvalue weighted by atomic mass is 9.88. The van der Waals surface area contributed by atoms with Crippen molar-refractivity contribution in [2.24, 2.45) is 4.99 Å². The first-order valence-corrected chi connectivity index (χ1v) is 6.69. The minimum Gasteiger partial charge on any atom is -0.370 e. The summed E-state index contributed by atoms with van der Waals surface area (Å²) >= 11 is 5.44. The number of hydrogen-bond acceptors (Lipinski definition) is 2. The topological polar surface area (TPSA) is 24.4 Å². The van der Waals surface area contributed by atoms with Gasteiger partial charge in [-0.15, -0.1) is 0 Å². The highest BCUT2D eigenvalue weighted by molar-refractivity contribution is 7.82. The van der Waals surface area contributed by atoms with Gasteiger partial charge in [-0.2, -0.15) is 0 Å². The SMILES string of the molecule is S=C1NC2CCCCC2N=C1c1ccccc1. The van der Waals surface area contributed by atoms with Crippen LogP contribution < -0.4 is 5.32 Å². The summed E-state index contributed by atoms with van der Waals surface area (Å²) in [6, 6.07) is 11.1. The second kappa shape index (κ2) is 4.57. The highest BCUT2D eigenvalue weighted by atomic mass is 32.1. The Morgan fingerprint density at radius 1 is 1.12 bits per heavy atom. The van der Waals surface area contributed by atoms with Crippen LogP contribution in [0.1, 0.15) is 31.2 Å². The molecular weight excluding hydrogens is 228 g/mol. The fraction of sp³-hybridized carbons (Fsp3) is 0.429. The zero-order valence-electron chi connectivity index (χ0n) is 9.73. The summed E-state index contributed by atoms with van der Waals surface area (Å²) in [6.07, 6.45) is 4.99. The smallest absolute Gasteiger partial charge is 0.125 e. The van der Waals surface area contributed by atoms with Gasteiger partial charge in [-0.05, 0) is 12.8 Å². The van der Waals surface area contributed by atoms with Crippen molar-refractivity contribution in [3.05, 3.63) is 35.9 Å². The van der Waals surface area contributed by atoms with Gasteiger partial charge in [0.2, 0.25) is 0 Å². The van der Waals surface area contributed by atoms with E-state index in [0.717, 1.165) is 16.3 Å². The molecule has 0 spiro atoms. The van der Waals surface area contributed by atoms with Crippen LogP contribution >= 0.6 is 12.2 Å². The van der Waals surface area contributed by atoms with Crippen molar-refractivity contribution >= 4 is 22.9 Å². The summed E-state index contributed by atoms with van der Waals surface area (Å²) in [7, 11) is 0. The summed E-state index contributed by atoms with van der Waals surface area (Å²) < 4.78 is 0. The van der Waals surface area contributed by atoms with Crippen molar-refractivity contribution < 1.29 is 0 Å². The summed E-state index contributed by atoms with van der Waals surface area (Å²) in [5.74, 6) is 0. The number of nitrogens with one attached hydrogen (secondary N) is 1. The monoisotopic (exact) mass is 244 g/mol. The van der Waals surface area contributed by atoms with E-state index in [1.807, 2.05) is 18.2 Å². The van der Waals surface area contributed by atoms with Crippen molar-refractivity contribution in [1.29, 1.82) is 0 Å². The van der Waals surface area contributed by atoms with Crippen LogP contribution in [-0.2, 0) is 0 Å². The van der Waals surface area contributed by atoms with E-state index in [1.54, 1.807) is 0 Å². The normalized spacial score (nSPS) is 28.0. The number of rotatable bonds is 1. The Hall–Kier alpha value is -1.22. The van der Waals surface area contributed by atoms with Gasteiger partial charge in [0.05, 0.1) is 11.8 Å². The number of aliphatic imine (C=N–C) groups is 1. The van der Waals surface area contributed by atoms with Gasteiger partial charge in [0.1, 0.15) is 4.99 Å². The van der Waals surface area contributed by atoms with Crippen LogP contribution in [0.15, 0.2) is 35.3 Å². The minimum absolute atomic E-state index is 0.422. The summed E-state index contributed by atoms with van der Waals surface area (Å²) in [5.41, 5.74) is 2.11. The molecule has 0 saturated heterocycles. The molecule has 1 aromatic rings. The molecule has 2 nitrogen and oxygen atoms in total. The second-order valence-electron chi connectivity index (χ2n) is 4.78. The largest absolute Gasteiger partial charge is 0.370 e. The van der Waals surface area contributed by atoms with Gasteiger partial charge in [-0.1, -0.05) is 55.4 Å². The molecule has 2 unspecified atom stereocenters. The van der Waals surface area contributed by atoms with Crippen LogP contribution in [0, 0.1) is 0 Å². The highest BCUT2D eigenvalue weighted by Crippen LogP contribution is 2.25. The molecule has 0 radical (unpaired) electrons. The van der Waals surface area contributed by atoms with E-state index in [2.05, 4.69) is 17.4 Å². The first-order chi connectivity index (χ1) is 8.34. The van der Waals surface area contributed by atoms with Gasteiger partial charge in [0, 0.05) is 11.6 Å². The van der Waals surface area contributed by atoms with E-state index in [-0.39, 0.29) is 0 Å². The quantitative estimate of drug-likeness (QED) is 0.768. The second-order valence-corrected chi connectivity index (χ2v) is 5.18. The predicted octanol–water partition coefficient (Wildman–Crippen LogP) is 2.72. The molecule has 2 aliphatic rings. The van der Waals surface area contributed by atoms with E-state index in [1.165, 1.54) is 25.7 Å². The fourth-order valence-electron chi connectivity index (χ4n) is 2.70. The fourth-order valence-corrected chi connectivity index (χ4v) is 3.02. The molecule has 1 aromatic carbocycles. The lowest BCUT2D eigenvalue weighted by molar-refractivity contribution is 0.359. The van der Waals surface area contributed by atoms with Gasteiger partial charge in [0.25, 0.3) is 0 Å². The molecule has 1 heterocycles. The number of fused-ring (bicyclic) bond motifs is 1. The molecule has 1 aliphatic heterocycles. The van der Waals surface area contributed by atoms with E-state index in [9.17, 15) is 0 Å². The predicted molar refractivity (Wildman–Crippen MR) is 74.8 cm³/mol. The van der Waals surface area contributed by atoms with Crippen molar-refractivity contribution in [1.82, 2.24) is 5.32 Å². The molecule has 88 valence electrons. The molecular formula is C14H16N2S. The maximum Gasteiger partial charge on any atom is 0.125 e. The Morgan fingerprint density at radius 3 is 2.71 bits per heavy atom. The molecule has 1 N–H and O–H groups in total. The van der Waals surface area contributed by atoms with Gasteiger partial charge < -0.3 is 5.32 Å². The van der Waals surface area contributed by atoms with Crippen LogP contribution in [0.4, 0.5) is 0 Å².